The van der Waals surface area contributed by atoms with Gasteiger partial charge in [0.25, 0.3) is 0 Å². The standard InChI is InChI=1S/C17H27NO2/c1-3-4-10-19-11-12-20-17-14(2)6-5-7-15(17)13-18-16-8-9-16/h5-7,16,18H,3-4,8-13H2,1-2H3. The van der Waals surface area contributed by atoms with Crippen LogP contribution in [-0.4, -0.2) is 25.9 Å². The van der Waals surface area contributed by atoms with E-state index in [2.05, 4.69) is 37.4 Å². The summed E-state index contributed by atoms with van der Waals surface area (Å²) in [5.74, 6) is 1.03. The lowest BCUT2D eigenvalue weighted by molar-refractivity contribution is 0.0974. The number of benzene rings is 1. The predicted molar refractivity (Wildman–Crippen MR) is 82.3 cm³/mol. The van der Waals surface area contributed by atoms with E-state index >= 15 is 0 Å². The lowest BCUT2D eigenvalue weighted by Crippen LogP contribution is -2.17. The molecule has 20 heavy (non-hydrogen) atoms. The maximum Gasteiger partial charge on any atom is 0.126 e. The molecule has 3 nitrogen and oxygen atoms in total. The molecule has 1 saturated carbocycles. The molecule has 0 heterocycles. The third-order valence-electron chi connectivity index (χ3n) is 3.57. The van der Waals surface area contributed by atoms with Gasteiger partial charge in [-0.25, -0.2) is 0 Å². The van der Waals surface area contributed by atoms with E-state index in [1.165, 1.54) is 30.4 Å². The van der Waals surface area contributed by atoms with Gasteiger partial charge >= 0.3 is 0 Å². The second kappa shape index (κ2) is 8.28. The SMILES string of the molecule is CCCCOCCOc1c(C)cccc1CNC1CC1. The molecule has 1 aliphatic carbocycles. The first-order chi connectivity index (χ1) is 9.81. The molecule has 0 spiro atoms. The molecule has 1 aromatic rings. The van der Waals surface area contributed by atoms with Crippen LogP contribution in [0.4, 0.5) is 0 Å². The maximum absolute atomic E-state index is 5.94. The molecule has 112 valence electrons. The number of unbranched alkanes of at least 4 members (excludes halogenated alkanes) is 1. The van der Waals surface area contributed by atoms with Gasteiger partial charge in [0.15, 0.2) is 0 Å². The summed E-state index contributed by atoms with van der Waals surface area (Å²) in [6, 6.07) is 7.08. The first-order valence-electron chi connectivity index (χ1n) is 7.83. The Hall–Kier alpha value is -1.06. The van der Waals surface area contributed by atoms with Crippen molar-refractivity contribution in [2.45, 2.75) is 52.1 Å². The van der Waals surface area contributed by atoms with Gasteiger partial charge in [0.2, 0.25) is 0 Å². The Labute approximate surface area is 122 Å². The lowest BCUT2D eigenvalue weighted by atomic mass is 10.1. The van der Waals surface area contributed by atoms with Gasteiger partial charge in [-0.3, -0.25) is 0 Å². The van der Waals surface area contributed by atoms with Gasteiger partial charge in [0.05, 0.1) is 6.61 Å². The summed E-state index contributed by atoms with van der Waals surface area (Å²) in [6.45, 7) is 7.32. The van der Waals surface area contributed by atoms with Crippen LogP contribution in [0.5, 0.6) is 5.75 Å². The van der Waals surface area contributed by atoms with Gasteiger partial charge in [0.1, 0.15) is 12.4 Å². The molecule has 1 fully saturated rings. The zero-order chi connectivity index (χ0) is 14.2. The summed E-state index contributed by atoms with van der Waals surface area (Å²) in [4.78, 5) is 0. The largest absolute Gasteiger partial charge is 0.491 e. The van der Waals surface area contributed by atoms with E-state index in [1.54, 1.807) is 0 Å². The van der Waals surface area contributed by atoms with Crippen LogP contribution in [0.2, 0.25) is 0 Å². The van der Waals surface area contributed by atoms with Crippen LogP contribution in [0, 0.1) is 6.92 Å². The molecule has 2 rings (SSSR count). The van der Waals surface area contributed by atoms with Crippen molar-refractivity contribution in [3.05, 3.63) is 29.3 Å². The fourth-order valence-electron chi connectivity index (χ4n) is 2.15. The molecule has 1 aliphatic rings. The molecule has 0 atom stereocenters. The second-order valence-electron chi connectivity index (χ2n) is 5.53. The summed E-state index contributed by atoms with van der Waals surface area (Å²) in [5, 5.41) is 3.55. The molecule has 1 aromatic carbocycles. The summed E-state index contributed by atoms with van der Waals surface area (Å²) < 4.78 is 11.5. The van der Waals surface area contributed by atoms with Crippen molar-refractivity contribution in [3.8, 4) is 5.75 Å². The van der Waals surface area contributed by atoms with Crippen molar-refractivity contribution in [1.82, 2.24) is 5.32 Å². The molecule has 0 saturated heterocycles. The van der Waals surface area contributed by atoms with E-state index in [1.807, 2.05) is 0 Å². The lowest BCUT2D eigenvalue weighted by Gasteiger charge is -2.14. The number of rotatable bonds is 10. The van der Waals surface area contributed by atoms with E-state index in [4.69, 9.17) is 9.47 Å². The first-order valence-corrected chi connectivity index (χ1v) is 7.83. The summed E-state index contributed by atoms with van der Waals surface area (Å²) in [7, 11) is 0. The maximum atomic E-state index is 5.94. The van der Waals surface area contributed by atoms with Crippen molar-refractivity contribution in [1.29, 1.82) is 0 Å². The Bertz CT molecular complexity index is 402. The number of hydrogen-bond donors (Lipinski definition) is 1. The molecular formula is C17H27NO2. The third-order valence-corrected chi connectivity index (χ3v) is 3.57. The van der Waals surface area contributed by atoms with E-state index < -0.39 is 0 Å². The molecule has 3 heteroatoms. The average molecular weight is 277 g/mol. The highest BCUT2D eigenvalue weighted by atomic mass is 16.5. The fraction of sp³-hybridized carbons (Fsp3) is 0.647. The minimum atomic E-state index is 0.630. The van der Waals surface area contributed by atoms with E-state index in [0.29, 0.717) is 13.2 Å². The van der Waals surface area contributed by atoms with Gasteiger partial charge in [0, 0.05) is 24.8 Å². The van der Waals surface area contributed by atoms with Crippen molar-refractivity contribution in [2.75, 3.05) is 19.8 Å². The molecule has 0 aliphatic heterocycles. The zero-order valence-corrected chi connectivity index (χ0v) is 12.8. The Morgan fingerprint density at radius 3 is 2.80 bits per heavy atom. The van der Waals surface area contributed by atoms with Gasteiger partial charge < -0.3 is 14.8 Å². The zero-order valence-electron chi connectivity index (χ0n) is 12.8. The Morgan fingerprint density at radius 1 is 1.20 bits per heavy atom. The molecular weight excluding hydrogens is 250 g/mol. The summed E-state index contributed by atoms with van der Waals surface area (Å²) in [6.07, 6.45) is 4.93. The quantitative estimate of drug-likeness (QED) is 0.665. The highest BCUT2D eigenvalue weighted by Crippen LogP contribution is 2.25. The van der Waals surface area contributed by atoms with E-state index in [-0.39, 0.29) is 0 Å². The van der Waals surface area contributed by atoms with Crippen LogP contribution in [0.3, 0.4) is 0 Å². The first kappa shape index (κ1) is 15.3. The summed E-state index contributed by atoms with van der Waals surface area (Å²) >= 11 is 0. The second-order valence-corrected chi connectivity index (χ2v) is 5.53. The Morgan fingerprint density at radius 2 is 2.05 bits per heavy atom. The highest BCUT2D eigenvalue weighted by molar-refractivity contribution is 5.40. The number of nitrogens with one attached hydrogen (secondary N) is 1. The molecule has 0 amide bonds. The minimum Gasteiger partial charge on any atom is -0.491 e. The number of ether oxygens (including phenoxy) is 2. The molecule has 0 bridgehead atoms. The topological polar surface area (TPSA) is 30.5 Å². The van der Waals surface area contributed by atoms with Gasteiger partial charge in [-0.1, -0.05) is 31.5 Å². The van der Waals surface area contributed by atoms with Gasteiger partial charge in [-0.05, 0) is 31.7 Å². The van der Waals surface area contributed by atoms with E-state index in [0.717, 1.165) is 31.4 Å². The number of hydrogen-bond acceptors (Lipinski definition) is 3. The van der Waals surface area contributed by atoms with Crippen molar-refractivity contribution in [3.63, 3.8) is 0 Å². The van der Waals surface area contributed by atoms with Gasteiger partial charge in [-0.2, -0.15) is 0 Å². The highest BCUT2D eigenvalue weighted by Gasteiger charge is 2.20. The number of aryl methyl sites for hydroxylation is 1. The molecule has 1 N–H and O–H groups in total. The van der Waals surface area contributed by atoms with Crippen LogP contribution < -0.4 is 10.1 Å². The molecule has 0 unspecified atom stereocenters. The molecule has 0 radical (unpaired) electrons. The average Bonchev–Trinajstić information content (AvgIpc) is 3.26. The number of para-hydroxylation sites is 1. The van der Waals surface area contributed by atoms with Crippen molar-refractivity contribution >= 4 is 0 Å². The van der Waals surface area contributed by atoms with Crippen molar-refractivity contribution in [2.24, 2.45) is 0 Å². The van der Waals surface area contributed by atoms with Crippen LogP contribution in [0.1, 0.15) is 43.7 Å². The Balaban J connectivity index is 1.78. The van der Waals surface area contributed by atoms with Gasteiger partial charge in [-0.15, -0.1) is 0 Å². The van der Waals surface area contributed by atoms with Crippen LogP contribution in [0.15, 0.2) is 18.2 Å². The van der Waals surface area contributed by atoms with Crippen LogP contribution in [0.25, 0.3) is 0 Å². The van der Waals surface area contributed by atoms with Crippen LogP contribution >= 0.6 is 0 Å². The fourth-order valence-corrected chi connectivity index (χ4v) is 2.15. The summed E-state index contributed by atoms with van der Waals surface area (Å²) in [5.41, 5.74) is 2.46. The van der Waals surface area contributed by atoms with Crippen molar-refractivity contribution < 1.29 is 9.47 Å². The minimum absolute atomic E-state index is 0.630. The smallest absolute Gasteiger partial charge is 0.126 e. The monoisotopic (exact) mass is 277 g/mol. The normalized spacial score (nSPS) is 14.5. The van der Waals surface area contributed by atoms with Crippen LogP contribution in [-0.2, 0) is 11.3 Å². The Kier molecular flexibility index (Phi) is 6.34. The molecule has 0 aromatic heterocycles. The van der Waals surface area contributed by atoms with E-state index in [9.17, 15) is 0 Å². The third kappa shape index (κ3) is 5.14. The predicted octanol–water partition coefficient (Wildman–Crippen LogP) is 3.44.